The summed E-state index contributed by atoms with van der Waals surface area (Å²) in [4.78, 5) is 17.0. The molecule has 1 aromatic rings. The van der Waals surface area contributed by atoms with Gasteiger partial charge in [0.25, 0.3) is 0 Å². The molecule has 132 valence electrons. The molecular weight excluding hydrogens is 307 g/mol. The Kier molecular flexibility index (Phi) is 5.72. The fourth-order valence-corrected chi connectivity index (χ4v) is 3.70. The van der Waals surface area contributed by atoms with E-state index in [1.165, 1.54) is 25.0 Å². The van der Waals surface area contributed by atoms with Crippen LogP contribution in [0, 0.1) is 5.82 Å². The predicted molar refractivity (Wildman–Crippen MR) is 91.5 cm³/mol. The van der Waals surface area contributed by atoms with Gasteiger partial charge in [0.15, 0.2) is 0 Å². The van der Waals surface area contributed by atoms with Gasteiger partial charge in [-0.05, 0) is 38.6 Å². The van der Waals surface area contributed by atoms with Crippen LogP contribution in [0.25, 0.3) is 0 Å². The minimum absolute atomic E-state index is 0.0354. The lowest BCUT2D eigenvalue weighted by molar-refractivity contribution is -0.138. The highest BCUT2D eigenvalue weighted by molar-refractivity contribution is 5.82. The van der Waals surface area contributed by atoms with Gasteiger partial charge in [-0.25, -0.2) is 4.39 Å². The second-order valence-corrected chi connectivity index (χ2v) is 6.95. The first-order valence-electron chi connectivity index (χ1n) is 9.05. The quantitative estimate of drug-likeness (QED) is 0.852. The Hall–Kier alpha value is -1.62. The number of halogens is 1. The highest BCUT2D eigenvalue weighted by Crippen LogP contribution is 2.22. The number of piperidine rings is 1. The predicted octanol–water partition coefficient (Wildman–Crippen LogP) is 3.07. The molecule has 2 aliphatic heterocycles. The van der Waals surface area contributed by atoms with Crippen LogP contribution >= 0.6 is 0 Å². The zero-order chi connectivity index (χ0) is 16.9. The molecule has 1 aromatic carbocycles. The summed E-state index contributed by atoms with van der Waals surface area (Å²) in [6, 6.07) is 6.30. The summed E-state index contributed by atoms with van der Waals surface area (Å²) in [6.45, 7) is 2.46. The molecule has 0 aromatic heterocycles. The summed E-state index contributed by atoms with van der Waals surface area (Å²) in [5.41, 5.74) is 0. The topological polar surface area (TPSA) is 32.8 Å². The maximum Gasteiger partial charge on any atom is 0.239 e. The van der Waals surface area contributed by atoms with Crippen molar-refractivity contribution >= 4 is 5.91 Å². The number of carbonyl (C=O) groups is 1. The van der Waals surface area contributed by atoms with Gasteiger partial charge >= 0.3 is 0 Å². The molecule has 24 heavy (non-hydrogen) atoms. The summed E-state index contributed by atoms with van der Waals surface area (Å²) >= 11 is 0. The average molecular weight is 334 g/mol. The number of rotatable bonds is 3. The zero-order valence-electron chi connectivity index (χ0n) is 14.4. The van der Waals surface area contributed by atoms with Crippen molar-refractivity contribution in [2.24, 2.45) is 0 Å². The highest BCUT2D eigenvalue weighted by atomic mass is 19.1. The largest absolute Gasteiger partial charge is 0.490 e. The van der Waals surface area contributed by atoms with E-state index in [1.54, 1.807) is 12.1 Å². The standard InChI is InChI=1S/C19H27FN2O2/c1-21-11-4-2-3-8-18(21)19(23)22-12-9-16(10-13-22)24-17-7-5-6-15(20)14-17/h5-7,14,16,18H,2-4,8-13H2,1H3. The molecule has 3 rings (SSSR count). The molecule has 2 aliphatic rings. The van der Waals surface area contributed by atoms with Gasteiger partial charge in [-0.3, -0.25) is 9.69 Å². The molecule has 2 heterocycles. The molecule has 0 saturated carbocycles. The molecular formula is C19H27FN2O2. The molecule has 2 fully saturated rings. The number of hydrogen-bond acceptors (Lipinski definition) is 3. The van der Waals surface area contributed by atoms with E-state index in [0.717, 1.165) is 45.3 Å². The Labute approximate surface area is 143 Å². The van der Waals surface area contributed by atoms with Gasteiger partial charge in [0, 0.05) is 32.0 Å². The van der Waals surface area contributed by atoms with Crippen LogP contribution in [0.2, 0.25) is 0 Å². The van der Waals surface area contributed by atoms with Crippen molar-refractivity contribution in [2.75, 3.05) is 26.7 Å². The number of likely N-dealkylation sites (tertiary alicyclic amines) is 2. The van der Waals surface area contributed by atoms with Gasteiger partial charge in [-0.1, -0.05) is 18.9 Å². The Balaban J connectivity index is 1.51. The Morgan fingerprint density at radius 1 is 1.12 bits per heavy atom. The molecule has 5 heteroatoms. The Bertz CT molecular complexity index is 558. The zero-order valence-corrected chi connectivity index (χ0v) is 14.4. The molecule has 2 saturated heterocycles. The second kappa shape index (κ2) is 7.97. The smallest absolute Gasteiger partial charge is 0.239 e. The number of benzene rings is 1. The van der Waals surface area contributed by atoms with E-state index in [-0.39, 0.29) is 23.9 Å². The van der Waals surface area contributed by atoms with Crippen LogP contribution in [0.15, 0.2) is 24.3 Å². The number of carbonyl (C=O) groups excluding carboxylic acids is 1. The lowest BCUT2D eigenvalue weighted by atomic mass is 10.0. The Morgan fingerprint density at radius 3 is 2.67 bits per heavy atom. The summed E-state index contributed by atoms with van der Waals surface area (Å²) in [7, 11) is 2.06. The molecule has 1 amide bonds. The number of hydrogen-bond donors (Lipinski definition) is 0. The van der Waals surface area contributed by atoms with E-state index in [0.29, 0.717) is 5.75 Å². The monoisotopic (exact) mass is 334 g/mol. The molecule has 1 atom stereocenters. The fourth-order valence-electron chi connectivity index (χ4n) is 3.70. The van der Waals surface area contributed by atoms with Crippen LogP contribution in [0.1, 0.15) is 38.5 Å². The van der Waals surface area contributed by atoms with Gasteiger partial charge in [0.1, 0.15) is 17.7 Å². The van der Waals surface area contributed by atoms with Crippen LogP contribution in [0.4, 0.5) is 4.39 Å². The van der Waals surface area contributed by atoms with Gasteiger partial charge in [0.2, 0.25) is 5.91 Å². The van der Waals surface area contributed by atoms with Gasteiger partial charge in [-0.2, -0.15) is 0 Å². The average Bonchev–Trinajstić information content (AvgIpc) is 2.79. The lowest BCUT2D eigenvalue weighted by Gasteiger charge is -2.36. The van der Waals surface area contributed by atoms with Crippen molar-refractivity contribution in [1.29, 1.82) is 0 Å². The molecule has 0 radical (unpaired) electrons. The van der Waals surface area contributed by atoms with E-state index in [9.17, 15) is 9.18 Å². The van der Waals surface area contributed by atoms with Crippen molar-refractivity contribution in [3.05, 3.63) is 30.1 Å². The van der Waals surface area contributed by atoms with Gasteiger partial charge in [-0.15, -0.1) is 0 Å². The van der Waals surface area contributed by atoms with Crippen molar-refractivity contribution in [1.82, 2.24) is 9.80 Å². The van der Waals surface area contributed by atoms with Crippen LogP contribution in [0.5, 0.6) is 5.75 Å². The number of amides is 1. The van der Waals surface area contributed by atoms with Crippen molar-refractivity contribution in [3.63, 3.8) is 0 Å². The molecule has 0 aliphatic carbocycles. The van der Waals surface area contributed by atoms with E-state index >= 15 is 0 Å². The van der Waals surface area contributed by atoms with Crippen molar-refractivity contribution in [3.8, 4) is 5.75 Å². The third kappa shape index (κ3) is 4.26. The summed E-state index contributed by atoms with van der Waals surface area (Å²) in [6.07, 6.45) is 6.18. The maximum atomic E-state index is 13.2. The molecule has 0 N–H and O–H groups in total. The van der Waals surface area contributed by atoms with Gasteiger partial charge in [0.05, 0.1) is 6.04 Å². The fraction of sp³-hybridized carbons (Fsp3) is 0.632. The summed E-state index contributed by atoms with van der Waals surface area (Å²) < 4.78 is 19.1. The molecule has 1 unspecified atom stereocenters. The second-order valence-electron chi connectivity index (χ2n) is 6.95. The normalized spacial score (nSPS) is 23.8. The van der Waals surface area contributed by atoms with E-state index in [2.05, 4.69) is 11.9 Å². The molecule has 0 spiro atoms. The Morgan fingerprint density at radius 2 is 1.92 bits per heavy atom. The number of likely N-dealkylation sites (N-methyl/N-ethyl adjacent to an activating group) is 1. The molecule has 4 nitrogen and oxygen atoms in total. The minimum Gasteiger partial charge on any atom is -0.490 e. The van der Waals surface area contributed by atoms with Crippen molar-refractivity contribution in [2.45, 2.75) is 50.7 Å². The third-order valence-electron chi connectivity index (χ3n) is 5.16. The lowest BCUT2D eigenvalue weighted by Crippen LogP contribution is -2.50. The number of ether oxygens (including phenoxy) is 1. The van der Waals surface area contributed by atoms with E-state index in [4.69, 9.17) is 4.74 Å². The minimum atomic E-state index is -0.281. The first kappa shape index (κ1) is 17.2. The van der Waals surface area contributed by atoms with Gasteiger partial charge < -0.3 is 9.64 Å². The van der Waals surface area contributed by atoms with Crippen LogP contribution in [-0.2, 0) is 4.79 Å². The molecule has 0 bridgehead atoms. The highest BCUT2D eigenvalue weighted by Gasteiger charge is 2.31. The summed E-state index contributed by atoms with van der Waals surface area (Å²) in [5, 5.41) is 0. The number of nitrogens with zero attached hydrogens (tertiary/aromatic N) is 2. The first-order valence-corrected chi connectivity index (χ1v) is 9.05. The van der Waals surface area contributed by atoms with Crippen molar-refractivity contribution < 1.29 is 13.9 Å². The SMILES string of the molecule is CN1CCCCCC1C(=O)N1CCC(Oc2cccc(F)c2)CC1. The van der Waals surface area contributed by atoms with Crippen LogP contribution in [0.3, 0.4) is 0 Å². The summed E-state index contributed by atoms with van der Waals surface area (Å²) in [5.74, 6) is 0.559. The van der Waals surface area contributed by atoms with E-state index in [1.807, 2.05) is 4.90 Å². The van der Waals surface area contributed by atoms with Crippen LogP contribution in [-0.4, -0.2) is 54.5 Å². The van der Waals surface area contributed by atoms with Crippen LogP contribution < -0.4 is 4.74 Å². The maximum absolute atomic E-state index is 13.2. The van der Waals surface area contributed by atoms with E-state index < -0.39 is 0 Å². The third-order valence-corrected chi connectivity index (χ3v) is 5.16. The first-order chi connectivity index (χ1) is 11.6.